The molecule has 0 rings (SSSR count). The lowest BCUT2D eigenvalue weighted by atomic mass is 10.1. The lowest BCUT2D eigenvalue weighted by molar-refractivity contribution is 0.594. The first kappa shape index (κ1) is 9.31. The molecule has 0 saturated heterocycles. The fourth-order valence-electron chi connectivity index (χ4n) is 0.661. The highest BCUT2D eigenvalue weighted by molar-refractivity contribution is 7.98. The summed E-state index contributed by atoms with van der Waals surface area (Å²) in [6, 6.07) is 0. The molecule has 0 bridgehead atoms. The summed E-state index contributed by atoms with van der Waals surface area (Å²) < 4.78 is 0.288. The van der Waals surface area contributed by atoms with E-state index in [4.69, 9.17) is 5.14 Å². The van der Waals surface area contributed by atoms with Gasteiger partial charge in [0.05, 0.1) is 0 Å². The molecule has 1 nitrogen and oxygen atoms in total. The van der Waals surface area contributed by atoms with Crippen LogP contribution in [0.25, 0.3) is 0 Å². The molecule has 0 spiro atoms. The number of hydrogen-bond acceptors (Lipinski definition) is 2. The van der Waals surface area contributed by atoms with Crippen LogP contribution in [-0.2, 0) is 0 Å². The Hall–Kier alpha value is 0.310. The molecule has 0 aliphatic heterocycles. The fraction of sp³-hybridized carbons (Fsp3) is 1.00. The molecule has 0 aromatic carbocycles. The molecule has 0 aliphatic carbocycles. The smallest absolute Gasteiger partial charge is 0.0246 e. The van der Waals surface area contributed by atoms with E-state index >= 15 is 0 Å². The second kappa shape index (κ2) is 4.18. The molecule has 2 N–H and O–H groups in total. The van der Waals surface area contributed by atoms with Crippen LogP contribution in [0.1, 0.15) is 40.0 Å². The minimum atomic E-state index is 0.288. The Morgan fingerprint density at radius 2 is 2.00 bits per heavy atom. The Labute approximate surface area is 62.5 Å². The largest absolute Gasteiger partial charge is 0.277 e. The summed E-state index contributed by atoms with van der Waals surface area (Å²) in [6.07, 6.45) is 3.78. The van der Waals surface area contributed by atoms with Crippen molar-refractivity contribution in [2.24, 2.45) is 5.14 Å². The van der Waals surface area contributed by atoms with Gasteiger partial charge in [0.15, 0.2) is 0 Å². The summed E-state index contributed by atoms with van der Waals surface area (Å²) in [5.41, 5.74) is 0. The van der Waals surface area contributed by atoms with Gasteiger partial charge in [0.1, 0.15) is 0 Å². The van der Waals surface area contributed by atoms with Gasteiger partial charge in [0, 0.05) is 4.75 Å². The maximum Gasteiger partial charge on any atom is 0.0246 e. The van der Waals surface area contributed by atoms with Gasteiger partial charge in [0.25, 0.3) is 0 Å². The van der Waals surface area contributed by atoms with Crippen molar-refractivity contribution in [3.63, 3.8) is 0 Å². The zero-order chi connectivity index (χ0) is 7.33. The van der Waals surface area contributed by atoms with Crippen LogP contribution in [0.3, 0.4) is 0 Å². The molecule has 0 amide bonds. The maximum absolute atomic E-state index is 5.46. The number of rotatable bonds is 4. The van der Waals surface area contributed by atoms with Gasteiger partial charge in [0.2, 0.25) is 0 Å². The standard InChI is InChI=1S/C7H17NS/c1-4-5-6-7(2,3)9-8/h4-6,8H2,1-3H3. The third-order valence-electron chi connectivity index (χ3n) is 1.45. The normalized spacial score (nSPS) is 12.0. The number of unbranched alkanes of at least 4 members (excludes halogenated alkanes) is 1. The summed E-state index contributed by atoms with van der Waals surface area (Å²) >= 11 is 1.47. The van der Waals surface area contributed by atoms with Gasteiger partial charge in [-0.2, -0.15) is 0 Å². The van der Waals surface area contributed by atoms with E-state index in [9.17, 15) is 0 Å². The minimum absolute atomic E-state index is 0.288. The van der Waals surface area contributed by atoms with Gasteiger partial charge in [-0.25, -0.2) is 0 Å². The van der Waals surface area contributed by atoms with E-state index in [0.717, 1.165) is 0 Å². The zero-order valence-electron chi connectivity index (χ0n) is 6.61. The Morgan fingerprint density at radius 1 is 1.44 bits per heavy atom. The monoisotopic (exact) mass is 147 g/mol. The van der Waals surface area contributed by atoms with Gasteiger partial charge in [-0.15, -0.1) is 0 Å². The highest BCUT2D eigenvalue weighted by Gasteiger charge is 2.14. The first-order valence-electron chi connectivity index (χ1n) is 3.50. The highest BCUT2D eigenvalue weighted by atomic mass is 32.2. The van der Waals surface area contributed by atoms with Gasteiger partial charge >= 0.3 is 0 Å². The third kappa shape index (κ3) is 4.79. The highest BCUT2D eigenvalue weighted by Crippen LogP contribution is 2.24. The van der Waals surface area contributed by atoms with E-state index in [-0.39, 0.29) is 4.75 Å². The molecule has 0 radical (unpaired) electrons. The first-order valence-corrected chi connectivity index (χ1v) is 4.38. The average Bonchev–Trinajstić information content (AvgIpc) is 1.84. The Balaban J connectivity index is 3.33. The summed E-state index contributed by atoms with van der Waals surface area (Å²) in [6.45, 7) is 6.58. The van der Waals surface area contributed by atoms with Gasteiger partial charge < -0.3 is 0 Å². The first-order chi connectivity index (χ1) is 4.12. The van der Waals surface area contributed by atoms with Crippen molar-refractivity contribution in [3.8, 4) is 0 Å². The molecule has 56 valence electrons. The average molecular weight is 147 g/mol. The fourth-order valence-corrected chi connectivity index (χ4v) is 0.924. The van der Waals surface area contributed by atoms with Crippen molar-refractivity contribution >= 4 is 11.9 Å². The lowest BCUT2D eigenvalue weighted by Gasteiger charge is -2.19. The molecule has 9 heavy (non-hydrogen) atoms. The van der Waals surface area contributed by atoms with Crippen molar-refractivity contribution in [1.82, 2.24) is 0 Å². The summed E-state index contributed by atoms with van der Waals surface area (Å²) in [5, 5.41) is 5.46. The molecular weight excluding hydrogens is 130 g/mol. The molecule has 2 heteroatoms. The Morgan fingerprint density at radius 3 is 2.33 bits per heavy atom. The van der Waals surface area contributed by atoms with Crippen LogP contribution in [0.15, 0.2) is 0 Å². The van der Waals surface area contributed by atoms with Gasteiger partial charge in [-0.3, -0.25) is 5.14 Å². The van der Waals surface area contributed by atoms with E-state index in [1.807, 2.05) is 0 Å². The van der Waals surface area contributed by atoms with Crippen molar-refractivity contribution in [2.45, 2.75) is 44.8 Å². The topological polar surface area (TPSA) is 26.0 Å². The number of hydrogen-bond donors (Lipinski definition) is 1. The van der Waals surface area contributed by atoms with Crippen molar-refractivity contribution < 1.29 is 0 Å². The predicted molar refractivity (Wildman–Crippen MR) is 45.4 cm³/mol. The van der Waals surface area contributed by atoms with E-state index < -0.39 is 0 Å². The van der Waals surface area contributed by atoms with Crippen molar-refractivity contribution in [2.75, 3.05) is 0 Å². The quantitative estimate of drug-likeness (QED) is 0.618. The van der Waals surface area contributed by atoms with Crippen LogP contribution >= 0.6 is 11.9 Å². The van der Waals surface area contributed by atoms with Crippen LogP contribution in [0.5, 0.6) is 0 Å². The SMILES string of the molecule is CCCCC(C)(C)SN. The molecule has 0 unspecified atom stereocenters. The summed E-state index contributed by atoms with van der Waals surface area (Å²) in [7, 11) is 0. The second-order valence-corrected chi connectivity index (χ2v) is 4.32. The van der Waals surface area contributed by atoms with Crippen molar-refractivity contribution in [3.05, 3.63) is 0 Å². The van der Waals surface area contributed by atoms with Crippen LogP contribution in [0.4, 0.5) is 0 Å². The van der Waals surface area contributed by atoms with E-state index in [1.54, 1.807) is 0 Å². The molecule has 0 heterocycles. The van der Waals surface area contributed by atoms with E-state index in [0.29, 0.717) is 0 Å². The van der Waals surface area contributed by atoms with Crippen LogP contribution in [0, 0.1) is 0 Å². The summed E-state index contributed by atoms with van der Waals surface area (Å²) in [5.74, 6) is 0. The van der Waals surface area contributed by atoms with E-state index in [1.165, 1.54) is 31.2 Å². The predicted octanol–water partition coefficient (Wildman–Crippen LogP) is 2.56. The molecule has 0 aromatic rings. The van der Waals surface area contributed by atoms with E-state index in [2.05, 4.69) is 20.8 Å². The molecule has 0 atom stereocenters. The molecule has 0 aromatic heterocycles. The zero-order valence-corrected chi connectivity index (χ0v) is 7.42. The summed E-state index contributed by atoms with van der Waals surface area (Å²) in [4.78, 5) is 0. The minimum Gasteiger partial charge on any atom is -0.277 e. The molecular formula is C7H17NS. The lowest BCUT2D eigenvalue weighted by Crippen LogP contribution is -2.16. The molecule has 0 fully saturated rings. The van der Waals surface area contributed by atoms with Crippen LogP contribution in [0.2, 0.25) is 0 Å². The third-order valence-corrected chi connectivity index (χ3v) is 2.29. The van der Waals surface area contributed by atoms with Crippen molar-refractivity contribution in [1.29, 1.82) is 0 Å². The second-order valence-electron chi connectivity index (χ2n) is 2.98. The molecule has 0 aliphatic rings. The van der Waals surface area contributed by atoms with Gasteiger partial charge in [-0.05, 0) is 20.3 Å². The maximum atomic E-state index is 5.46. The van der Waals surface area contributed by atoms with Crippen LogP contribution in [-0.4, -0.2) is 4.75 Å². The molecule has 0 saturated carbocycles. The number of nitrogens with two attached hydrogens (primary N) is 1. The Kier molecular flexibility index (Phi) is 4.32. The van der Waals surface area contributed by atoms with Gasteiger partial charge in [-0.1, -0.05) is 31.7 Å². The Bertz CT molecular complexity index is 71.3. The van der Waals surface area contributed by atoms with Crippen LogP contribution < -0.4 is 5.14 Å².